The number of hydrogen-bond donors (Lipinski definition) is 3. The summed E-state index contributed by atoms with van der Waals surface area (Å²) in [5, 5.41) is 8.79. The first kappa shape index (κ1) is 26.0. The Morgan fingerprint density at radius 3 is 2.31 bits per heavy atom. The number of nitrogens with one attached hydrogen (secondary N) is 3. The zero-order valence-electron chi connectivity index (χ0n) is 21.4. The monoisotopic (exact) mass is 484 g/mol. The fourth-order valence-corrected chi connectivity index (χ4v) is 4.06. The molecule has 0 fully saturated rings. The predicted octanol–water partition coefficient (Wildman–Crippen LogP) is 4.33. The number of amides is 4. The van der Waals surface area contributed by atoms with E-state index in [1.54, 1.807) is 31.3 Å². The van der Waals surface area contributed by atoms with Crippen LogP contribution in [0.1, 0.15) is 44.9 Å². The smallest absolute Gasteiger partial charge is 0.322 e. The summed E-state index contributed by atoms with van der Waals surface area (Å²) in [5.41, 5.74) is 2.24. The predicted molar refractivity (Wildman–Crippen MR) is 136 cm³/mol. The fraction of sp³-hybridized carbons (Fsp3) is 0.462. The van der Waals surface area contributed by atoms with E-state index in [4.69, 9.17) is 14.2 Å². The first-order valence-corrected chi connectivity index (χ1v) is 11.8. The van der Waals surface area contributed by atoms with Crippen LogP contribution in [0.5, 0.6) is 17.2 Å². The lowest BCUT2D eigenvalue weighted by Crippen LogP contribution is -2.51. The van der Waals surface area contributed by atoms with Gasteiger partial charge < -0.3 is 35.1 Å². The van der Waals surface area contributed by atoms with E-state index in [9.17, 15) is 9.59 Å². The Morgan fingerprint density at radius 2 is 1.71 bits per heavy atom. The SMILES string of the molecule is CCOc1ccc(NC(=O)N2CCc3cc(OC)c(OC)cc3C2CNC(=O)NC(C)(C)C)cc1. The minimum absolute atomic E-state index is 0.237. The van der Waals surface area contributed by atoms with Gasteiger partial charge in [0, 0.05) is 24.3 Å². The normalized spacial score (nSPS) is 15.0. The third-order valence-electron chi connectivity index (χ3n) is 5.62. The Hall–Kier alpha value is -3.62. The lowest BCUT2D eigenvalue weighted by atomic mass is 9.92. The van der Waals surface area contributed by atoms with Gasteiger partial charge in [-0.1, -0.05) is 0 Å². The van der Waals surface area contributed by atoms with Crippen molar-refractivity contribution < 1.29 is 23.8 Å². The highest BCUT2D eigenvalue weighted by Gasteiger charge is 2.33. The van der Waals surface area contributed by atoms with Crippen molar-refractivity contribution in [1.82, 2.24) is 15.5 Å². The number of benzene rings is 2. The number of anilines is 1. The van der Waals surface area contributed by atoms with Gasteiger partial charge in [0.2, 0.25) is 0 Å². The molecule has 0 saturated heterocycles. The van der Waals surface area contributed by atoms with Crippen LogP contribution in [0.4, 0.5) is 15.3 Å². The molecular weight excluding hydrogens is 448 g/mol. The summed E-state index contributed by atoms with van der Waals surface area (Å²) in [7, 11) is 3.17. The van der Waals surface area contributed by atoms with Crippen LogP contribution in [0.15, 0.2) is 36.4 Å². The summed E-state index contributed by atoms with van der Waals surface area (Å²) in [6.45, 7) is 8.96. The average molecular weight is 485 g/mol. The van der Waals surface area contributed by atoms with Crippen LogP contribution in [-0.4, -0.2) is 56.4 Å². The van der Waals surface area contributed by atoms with Crippen molar-refractivity contribution in [2.45, 2.75) is 45.7 Å². The van der Waals surface area contributed by atoms with Crippen LogP contribution >= 0.6 is 0 Å². The highest BCUT2D eigenvalue weighted by molar-refractivity contribution is 5.90. The van der Waals surface area contributed by atoms with Gasteiger partial charge in [-0.2, -0.15) is 0 Å². The van der Waals surface area contributed by atoms with Gasteiger partial charge in [-0.3, -0.25) is 0 Å². The number of rotatable bonds is 7. The molecule has 0 saturated carbocycles. The van der Waals surface area contributed by atoms with Gasteiger partial charge in [-0.25, -0.2) is 9.59 Å². The molecule has 0 bridgehead atoms. The van der Waals surface area contributed by atoms with Gasteiger partial charge in [0.1, 0.15) is 5.75 Å². The highest BCUT2D eigenvalue weighted by Crippen LogP contribution is 2.38. The van der Waals surface area contributed by atoms with E-state index in [0.717, 1.165) is 16.9 Å². The molecule has 3 rings (SSSR count). The van der Waals surface area contributed by atoms with E-state index >= 15 is 0 Å². The second kappa shape index (κ2) is 11.2. The number of hydrogen-bond acceptors (Lipinski definition) is 5. The number of fused-ring (bicyclic) bond motifs is 1. The summed E-state index contributed by atoms with van der Waals surface area (Å²) in [4.78, 5) is 27.6. The van der Waals surface area contributed by atoms with Crippen molar-refractivity contribution in [3.8, 4) is 17.2 Å². The van der Waals surface area contributed by atoms with Crippen molar-refractivity contribution in [3.05, 3.63) is 47.5 Å². The molecule has 190 valence electrons. The van der Waals surface area contributed by atoms with Crippen LogP contribution in [-0.2, 0) is 6.42 Å². The summed E-state index contributed by atoms with van der Waals surface area (Å²) < 4.78 is 16.4. The van der Waals surface area contributed by atoms with Crippen molar-refractivity contribution in [2.24, 2.45) is 0 Å². The van der Waals surface area contributed by atoms with E-state index in [2.05, 4.69) is 16.0 Å². The molecule has 3 N–H and O–H groups in total. The topological polar surface area (TPSA) is 101 Å². The lowest BCUT2D eigenvalue weighted by molar-refractivity contribution is 0.178. The fourth-order valence-electron chi connectivity index (χ4n) is 4.06. The van der Waals surface area contributed by atoms with Crippen LogP contribution in [0.25, 0.3) is 0 Å². The van der Waals surface area contributed by atoms with E-state index in [-0.39, 0.29) is 24.1 Å². The van der Waals surface area contributed by atoms with E-state index in [1.807, 2.05) is 52.0 Å². The summed E-state index contributed by atoms with van der Waals surface area (Å²) in [5.74, 6) is 1.95. The Morgan fingerprint density at radius 1 is 1.06 bits per heavy atom. The highest BCUT2D eigenvalue weighted by atomic mass is 16.5. The second-order valence-corrected chi connectivity index (χ2v) is 9.34. The third kappa shape index (κ3) is 6.71. The molecule has 9 nitrogen and oxygen atoms in total. The molecule has 0 spiro atoms. The number of urea groups is 2. The number of methoxy groups -OCH3 is 2. The van der Waals surface area contributed by atoms with E-state index in [0.29, 0.717) is 36.8 Å². The average Bonchev–Trinajstić information content (AvgIpc) is 2.81. The Balaban J connectivity index is 1.85. The Labute approximate surface area is 207 Å². The number of carbonyl (C=O) groups excluding carboxylic acids is 2. The number of nitrogens with zero attached hydrogens (tertiary/aromatic N) is 1. The largest absolute Gasteiger partial charge is 0.494 e. The molecule has 1 aliphatic heterocycles. The molecule has 2 aromatic rings. The molecule has 0 aliphatic carbocycles. The van der Waals surface area contributed by atoms with Gasteiger partial charge in [-0.15, -0.1) is 0 Å². The van der Waals surface area contributed by atoms with Crippen molar-refractivity contribution in [3.63, 3.8) is 0 Å². The second-order valence-electron chi connectivity index (χ2n) is 9.34. The summed E-state index contributed by atoms with van der Waals surface area (Å²) in [6, 6.07) is 10.1. The van der Waals surface area contributed by atoms with Gasteiger partial charge >= 0.3 is 12.1 Å². The molecule has 1 aliphatic rings. The first-order chi connectivity index (χ1) is 16.6. The molecule has 1 unspecified atom stereocenters. The molecule has 9 heteroatoms. The molecule has 1 atom stereocenters. The Kier molecular flexibility index (Phi) is 8.32. The molecule has 1 heterocycles. The van der Waals surface area contributed by atoms with Gasteiger partial charge in [0.25, 0.3) is 0 Å². The minimum Gasteiger partial charge on any atom is -0.494 e. The Bertz CT molecular complexity index is 1030. The van der Waals surface area contributed by atoms with Crippen molar-refractivity contribution >= 4 is 17.7 Å². The van der Waals surface area contributed by atoms with E-state index < -0.39 is 6.04 Å². The molecule has 35 heavy (non-hydrogen) atoms. The maximum Gasteiger partial charge on any atom is 0.322 e. The van der Waals surface area contributed by atoms with Crippen LogP contribution in [0, 0.1) is 0 Å². The zero-order chi connectivity index (χ0) is 25.6. The molecule has 0 aromatic heterocycles. The zero-order valence-corrected chi connectivity index (χ0v) is 21.4. The standard InChI is InChI=1S/C26H36N4O5/c1-7-35-19-10-8-18(9-11-19)28-25(32)30-13-12-17-14-22(33-5)23(34-6)15-20(17)21(30)16-27-24(31)29-26(2,3)4/h8-11,14-15,21H,7,12-13,16H2,1-6H3,(H,28,32)(H2,27,29,31). The van der Waals surface area contributed by atoms with Gasteiger partial charge in [0.05, 0.1) is 26.9 Å². The van der Waals surface area contributed by atoms with Crippen LogP contribution < -0.4 is 30.2 Å². The quantitative estimate of drug-likeness (QED) is 0.543. The lowest BCUT2D eigenvalue weighted by Gasteiger charge is -2.38. The maximum absolute atomic E-state index is 13.3. The van der Waals surface area contributed by atoms with Crippen LogP contribution in [0.2, 0.25) is 0 Å². The molecule has 0 radical (unpaired) electrons. The summed E-state index contributed by atoms with van der Waals surface area (Å²) >= 11 is 0. The maximum atomic E-state index is 13.3. The van der Waals surface area contributed by atoms with Gasteiger partial charge in [0.15, 0.2) is 11.5 Å². The molecular formula is C26H36N4O5. The van der Waals surface area contributed by atoms with Crippen LogP contribution in [0.3, 0.4) is 0 Å². The first-order valence-electron chi connectivity index (χ1n) is 11.8. The molecule has 4 amide bonds. The summed E-state index contributed by atoms with van der Waals surface area (Å²) in [6.07, 6.45) is 0.650. The van der Waals surface area contributed by atoms with Gasteiger partial charge in [-0.05, 0) is 81.6 Å². The number of carbonyl (C=O) groups is 2. The van der Waals surface area contributed by atoms with E-state index in [1.165, 1.54) is 0 Å². The molecule has 2 aromatic carbocycles. The van der Waals surface area contributed by atoms with Crippen molar-refractivity contribution in [1.29, 1.82) is 0 Å². The minimum atomic E-state index is -0.396. The third-order valence-corrected chi connectivity index (χ3v) is 5.62. The van der Waals surface area contributed by atoms with Crippen molar-refractivity contribution in [2.75, 3.05) is 39.2 Å². The number of ether oxygens (including phenoxy) is 3.